The number of furan rings is 1. The molecule has 1 aliphatic carbocycles. The van der Waals surface area contributed by atoms with E-state index in [2.05, 4.69) is 228 Å². The fourth-order valence-corrected chi connectivity index (χ4v) is 11.3. The molecular weight excluding hydrogens is 813 g/mol. The van der Waals surface area contributed by atoms with Gasteiger partial charge in [0, 0.05) is 44.0 Å². The molecule has 0 amide bonds. The minimum absolute atomic E-state index is 0.561. The van der Waals surface area contributed by atoms with Crippen LogP contribution in [0.25, 0.3) is 93.6 Å². The number of nitrogens with zero attached hydrogens (tertiary/aromatic N) is 2. The lowest BCUT2D eigenvalue weighted by Crippen LogP contribution is -2.13. The van der Waals surface area contributed by atoms with Gasteiger partial charge in [0.1, 0.15) is 11.2 Å². The molecule has 320 valence electrons. The molecule has 2 aromatic heterocycles. The highest BCUT2D eigenvalue weighted by molar-refractivity contribution is 6.11. The van der Waals surface area contributed by atoms with Crippen molar-refractivity contribution in [1.82, 2.24) is 4.57 Å². The molecule has 0 spiro atoms. The first-order chi connectivity index (χ1) is 33.2. The second-order valence-electron chi connectivity index (χ2n) is 18.2. The maximum atomic E-state index is 6.50. The molecule has 0 saturated heterocycles. The maximum Gasteiger partial charge on any atom is 0.136 e. The van der Waals surface area contributed by atoms with Crippen LogP contribution in [0.15, 0.2) is 229 Å². The Kier molecular flexibility index (Phi) is 9.60. The topological polar surface area (TPSA) is 21.3 Å². The lowest BCUT2D eigenvalue weighted by Gasteiger charge is -2.31. The Balaban J connectivity index is 1.03. The van der Waals surface area contributed by atoms with Crippen LogP contribution >= 0.6 is 0 Å². The van der Waals surface area contributed by atoms with Crippen LogP contribution in [0.1, 0.15) is 43.6 Å². The third-order valence-corrected chi connectivity index (χ3v) is 14.4. The standard InChI is InChI=1S/C64H48N2O/c1-3-18-43(19-4-1)51-30-16-20-44-21-17-31-57(64(44)51)53-28-9-13-34-60(53)66(58-32-11-7-26-50(58)47-37-39-56-55-29-10-14-35-62(55)67-63(56)42-47)49-25-15-22-45(40-49)46-36-38-54-52-27-8-12-33-59(52)65(61(54)41-46)48-23-5-2-6-24-48/h2,5-17,20-43H,1,3-4,18-19H2. The van der Waals surface area contributed by atoms with E-state index in [1.54, 1.807) is 0 Å². The first kappa shape index (κ1) is 39.2. The first-order valence-electron chi connectivity index (χ1n) is 23.9. The van der Waals surface area contributed by atoms with Crippen molar-refractivity contribution < 1.29 is 4.42 Å². The lowest BCUT2D eigenvalue weighted by atomic mass is 9.80. The Morgan fingerprint density at radius 3 is 1.90 bits per heavy atom. The molecule has 2 heterocycles. The average Bonchev–Trinajstić information content (AvgIpc) is 3.94. The normalized spacial score (nSPS) is 13.3. The zero-order valence-electron chi connectivity index (χ0n) is 37.3. The Hall–Kier alpha value is -8.14. The molecule has 0 atom stereocenters. The molecule has 3 heteroatoms. The van der Waals surface area contributed by atoms with Gasteiger partial charge in [-0.05, 0) is 124 Å². The second-order valence-corrected chi connectivity index (χ2v) is 18.2. The molecule has 3 nitrogen and oxygen atoms in total. The number of fused-ring (bicyclic) bond motifs is 7. The number of anilines is 3. The first-order valence-corrected chi connectivity index (χ1v) is 23.9. The van der Waals surface area contributed by atoms with Gasteiger partial charge in [0.2, 0.25) is 0 Å². The molecule has 67 heavy (non-hydrogen) atoms. The Morgan fingerprint density at radius 2 is 1.03 bits per heavy atom. The van der Waals surface area contributed by atoms with Crippen LogP contribution in [0.2, 0.25) is 0 Å². The summed E-state index contributed by atoms with van der Waals surface area (Å²) in [5.74, 6) is 0.561. The summed E-state index contributed by atoms with van der Waals surface area (Å²) in [4.78, 5) is 2.50. The lowest BCUT2D eigenvalue weighted by molar-refractivity contribution is 0.445. The second kappa shape index (κ2) is 16.4. The van der Waals surface area contributed by atoms with Crippen LogP contribution in [-0.2, 0) is 0 Å². The Bertz CT molecular complexity index is 3810. The molecule has 0 unspecified atom stereocenters. The zero-order valence-corrected chi connectivity index (χ0v) is 37.3. The van der Waals surface area contributed by atoms with Crippen molar-refractivity contribution >= 4 is 71.6 Å². The molecule has 0 aliphatic heterocycles. The van der Waals surface area contributed by atoms with Gasteiger partial charge >= 0.3 is 0 Å². The summed E-state index contributed by atoms with van der Waals surface area (Å²) in [7, 11) is 0. The maximum absolute atomic E-state index is 6.50. The summed E-state index contributed by atoms with van der Waals surface area (Å²) < 4.78 is 8.90. The van der Waals surface area contributed by atoms with Crippen molar-refractivity contribution in [3.8, 4) is 39.1 Å². The van der Waals surface area contributed by atoms with E-state index in [1.165, 1.54) is 81.4 Å². The summed E-state index contributed by atoms with van der Waals surface area (Å²) >= 11 is 0. The van der Waals surface area contributed by atoms with E-state index in [9.17, 15) is 0 Å². The van der Waals surface area contributed by atoms with Crippen LogP contribution in [0.5, 0.6) is 0 Å². The van der Waals surface area contributed by atoms with Gasteiger partial charge in [-0.25, -0.2) is 0 Å². The number of aromatic nitrogens is 1. The third-order valence-electron chi connectivity index (χ3n) is 14.4. The SMILES string of the molecule is c1ccc(-n2c3ccccc3c3ccc(-c4cccc(N(c5ccccc5-c5ccc6c(c5)oc5ccccc56)c5ccccc5-c5cccc6cccc(C7CCCCC7)c56)c4)cc32)cc1. The van der Waals surface area contributed by atoms with E-state index in [-0.39, 0.29) is 0 Å². The van der Waals surface area contributed by atoms with Crippen LogP contribution in [0.3, 0.4) is 0 Å². The van der Waals surface area contributed by atoms with E-state index in [0.717, 1.165) is 66.9 Å². The summed E-state index contributed by atoms with van der Waals surface area (Å²) in [6, 6.07) is 82.4. The van der Waals surface area contributed by atoms with Gasteiger partial charge in [-0.2, -0.15) is 0 Å². The number of hydrogen-bond donors (Lipinski definition) is 0. The Morgan fingerprint density at radius 1 is 0.403 bits per heavy atom. The van der Waals surface area contributed by atoms with E-state index < -0.39 is 0 Å². The smallest absolute Gasteiger partial charge is 0.136 e. The molecule has 12 aromatic rings. The zero-order chi connectivity index (χ0) is 44.3. The van der Waals surface area contributed by atoms with Crippen LogP contribution < -0.4 is 4.90 Å². The Labute approximate surface area is 390 Å². The molecule has 0 N–H and O–H groups in total. The van der Waals surface area contributed by atoms with E-state index in [0.29, 0.717) is 5.92 Å². The molecular formula is C64H48N2O. The van der Waals surface area contributed by atoms with Crippen molar-refractivity contribution in [1.29, 1.82) is 0 Å². The largest absolute Gasteiger partial charge is 0.456 e. The van der Waals surface area contributed by atoms with Crippen molar-refractivity contribution in [3.63, 3.8) is 0 Å². The van der Waals surface area contributed by atoms with E-state index in [4.69, 9.17) is 4.42 Å². The van der Waals surface area contributed by atoms with Crippen molar-refractivity contribution in [2.75, 3.05) is 4.90 Å². The van der Waals surface area contributed by atoms with Crippen LogP contribution in [0, 0.1) is 0 Å². The predicted octanol–water partition coefficient (Wildman–Crippen LogP) is 18.4. The summed E-state index contributed by atoms with van der Waals surface area (Å²) in [5.41, 5.74) is 17.1. The fraction of sp³-hybridized carbons (Fsp3) is 0.0938. The van der Waals surface area contributed by atoms with Crippen molar-refractivity contribution in [3.05, 3.63) is 230 Å². The van der Waals surface area contributed by atoms with Gasteiger partial charge < -0.3 is 13.9 Å². The van der Waals surface area contributed by atoms with Crippen LogP contribution in [-0.4, -0.2) is 4.57 Å². The highest BCUT2D eigenvalue weighted by atomic mass is 16.3. The van der Waals surface area contributed by atoms with Gasteiger partial charge in [-0.1, -0.05) is 177 Å². The molecule has 1 aliphatic rings. The quantitative estimate of drug-likeness (QED) is 0.152. The van der Waals surface area contributed by atoms with E-state index in [1.807, 2.05) is 6.07 Å². The molecule has 10 aromatic carbocycles. The highest BCUT2D eigenvalue weighted by Crippen LogP contribution is 2.49. The minimum atomic E-state index is 0.561. The third kappa shape index (κ3) is 6.72. The molecule has 1 fully saturated rings. The van der Waals surface area contributed by atoms with Crippen LogP contribution in [0.4, 0.5) is 17.1 Å². The molecule has 13 rings (SSSR count). The number of rotatable bonds is 8. The van der Waals surface area contributed by atoms with Gasteiger partial charge in [-0.3, -0.25) is 0 Å². The minimum Gasteiger partial charge on any atom is -0.456 e. The number of hydrogen-bond acceptors (Lipinski definition) is 2. The summed E-state index contributed by atoms with van der Waals surface area (Å²) in [5, 5.41) is 7.43. The average molecular weight is 861 g/mol. The predicted molar refractivity (Wildman–Crippen MR) is 282 cm³/mol. The summed E-state index contributed by atoms with van der Waals surface area (Å²) in [6.07, 6.45) is 6.41. The van der Waals surface area contributed by atoms with Crippen molar-refractivity contribution in [2.45, 2.75) is 38.0 Å². The molecule has 0 radical (unpaired) electrons. The van der Waals surface area contributed by atoms with Crippen molar-refractivity contribution in [2.24, 2.45) is 0 Å². The molecule has 1 saturated carbocycles. The molecule has 0 bridgehead atoms. The van der Waals surface area contributed by atoms with Gasteiger partial charge in [-0.15, -0.1) is 0 Å². The fourth-order valence-electron chi connectivity index (χ4n) is 11.3. The summed E-state index contributed by atoms with van der Waals surface area (Å²) in [6.45, 7) is 0. The van der Waals surface area contributed by atoms with Gasteiger partial charge in [0.05, 0.1) is 22.4 Å². The number of para-hydroxylation sites is 5. The van der Waals surface area contributed by atoms with Gasteiger partial charge in [0.25, 0.3) is 0 Å². The highest BCUT2D eigenvalue weighted by Gasteiger charge is 2.25. The monoisotopic (exact) mass is 860 g/mol. The number of benzene rings is 10. The van der Waals surface area contributed by atoms with Gasteiger partial charge in [0.15, 0.2) is 0 Å². The van der Waals surface area contributed by atoms with E-state index >= 15 is 0 Å².